The van der Waals surface area contributed by atoms with Crippen molar-refractivity contribution in [3.05, 3.63) is 28.4 Å². The molecule has 6 nitrogen and oxygen atoms in total. The molecule has 0 saturated carbocycles. The van der Waals surface area contributed by atoms with Gasteiger partial charge < -0.3 is 9.88 Å². The number of hydrogen-bond acceptors (Lipinski definition) is 5. The Labute approximate surface area is 122 Å². The number of anilines is 1. The molecule has 0 unspecified atom stereocenters. The Morgan fingerprint density at radius 3 is 2.81 bits per heavy atom. The van der Waals surface area contributed by atoms with E-state index in [-0.39, 0.29) is 5.56 Å². The van der Waals surface area contributed by atoms with Gasteiger partial charge in [0.25, 0.3) is 5.56 Å². The molecule has 3 saturated heterocycles. The number of nitrogens with one attached hydrogen (secondary N) is 1. The molecule has 2 aromatic rings. The van der Waals surface area contributed by atoms with E-state index in [9.17, 15) is 4.79 Å². The van der Waals surface area contributed by atoms with E-state index in [4.69, 9.17) is 0 Å². The summed E-state index contributed by atoms with van der Waals surface area (Å²) in [4.78, 5) is 28.5. The van der Waals surface area contributed by atoms with Crippen LogP contribution in [-0.4, -0.2) is 52.1 Å². The van der Waals surface area contributed by atoms with Crippen molar-refractivity contribution < 1.29 is 0 Å². The summed E-state index contributed by atoms with van der Waals surface area (Å²) < 4.78 is 0. The Hall–Kier alpha value is -1.95. The van der Waals surface area contributed by atoms with Gasteiger partial charge in [-0.15, -0.1) is 0 Å². The van der Waals surface area contributed by atoms with Gasteiger partial charge in [-0.25, -0.2) is 9.97 Å². The van der Waals surface area contributed by atoms with Crippen molar-refractivity contribution >= 4 is 16.7 Å². The molecule has 110 valence electrons. The van der Waals surface area contributed by atoms with Gasteiger partial charge >= 0.3 is 0 Å². The van der Waals surface area contributed by atoms with Crippen molar-refractivity contribution in [3.8, 4) is 0 Å². The molecule has 1 N–H and O–H groups in total. The Morgan fingerprint density at radius 1 is 1.29 bits per heavy atom. The fraction of sp³-hybridized carbons (Fsp3) is 0.533. The molecule has 2 atom stereocenters. The molecule has 0 spiro atoms. The highest BCUT2D eigenvalue weighted by atomic mass is 16.1. The molecule has 0 radical (unpaired) electrons. The number of pyridine rings is 1. The van der Waals surface area contributed by atoms with E-state index in [0.717, 1.165) is 18.9 Å². The second kappa shape index (κ2) is 4.53. The average Bonchev–Trinajstić information content (AvgIpc) is 2.47. The van der Waals surface area contributed by atoms with Crippen molar-refractivity contribution in [2.45, 2.75) is 31.8 Å². The van der Waals surface area contributed by atoms with Crippen molar-refractivity contribution in [1.82, 2.24) is 19.9 Å². The zero-order chi connectivity index (χ0) is 14.6. The van der Waals surface area contributed by atoms with E-state index in [1.54, 1.807) is 13.1 Å². The van der Waals surface area contributed by atoms with E-state index in [1.807, 2.05) is 6.07 Å². The Balaban J connectivity index is 1.76. The minimum absolute atomic E-state index is 0.0829. The van der Waals surface area contributed by atoms with Gasteiger partial charge in [0.1, 0.15) is 11.6 Å². The summed E-state index contributed by atoms with van der Waals surface area (Å²) in [5.74, 6) is 1.53. The number of aryl methyl sites for hydroxylation is 1. The van der Waals surface area contributed by atoms with Gasteiger partial charge in [0.15, 0.2) is 0 Å². The summed E-state index contributed by atoms with van der Waals surface area (Å²) in [5.41, 5.74) is 0.583. The minimum Gasteiger partial charge on any atom is -0.351 e. The van der Waals surface area contributed by atoms with E-state index >= 15 is 0 Å². The summed E-state index contributed by atoms with van der Waals surface area (Å²) in [6.45, 7) is 3.86. The van der Waals surface area contributed by atoms with Gasteiger partial charge in [-0.05, 0) is 32.9 Å². The molecular weight excluding hydrogens is 266 g/mol. The first-order chi connectivity index (χ1) is 10.1. The van der Waals surface area contributed by atoms with Crippen molar-refractivity contribution in [2.24, 2.45) is 0 Å². The zero-order valence-corrected chi connectivity index (χ0v) is 12.3. The van der Waals surface area contributed by atoms with E-state index in [0.29, 0.717) is 28.8 Å². The van der Waals surface area contributed by atoms with Gasteiger partial charge in [0, 0.05) is 25.2 Å². The molecular formula is C15H19N5O. The van der Waals surface area contributed by atoms with E-state index < -0.39 is 0 Å². The lowest BCUT2D eigenvalue weighted by Crippen LogP contribution is -2.61. The van der Waals surface area contributed by atoms with Crippen LogP contribution in [0.25, 0.3) is 10.9 Å². The first kappa shape index (κ1) is 12.8. The number of nitrogens with zero attached hydrogens (tertiary/aromatic N) is 4. The van der Waals surface area contributed by atoms with Crippen LogP contribution < -0.4 is 10.5 Å². The Kier molecular flexibility index (Phi) is 2.75. The average molecular weight is 285 g/mol. The van der Waals surface area contributed by atoms with Crippen LogP contribution in [0.5, 0.6) is 0 Å². The Morgan fingerprint density at radius 2 is 2.10 bits per heavy atom. The second-order valence-electron chi connectivity index (χ2n) is 6.19. The molecule has 2 bridgehead atoms. The summed E-state index contributed by atoms with van der Waals surface area (Å²) >= 11 is 0. The number of piperazine rings is 1. The third-order valence-electron chi connectivity index (χ3n) is 4.79. The van der Waals surface area contributed by atoms with Crippen molar-refractivity contribution in [3.63, 3.8) is 0 Å². The summed E-state index contributed by atoms with van der Waals surface area (Å²) in [6, 6.07) is 2.99. The molecule has 3 aliphatic rings. The molecule has 2 aromatic heterocycles. The van der Waals surface area contributed by atoms with Gasteiger partial charge in [-0.1, -0.05) is 0 Å². The van der Waals surface area contributed by atoms with E-state index in [2.05, 4.69) is 31.8 Å². The molecule has 3 fully saturated rings. The maximum Gasteiger partial charge on any atom is 0.258 e. The van der Waals surface area contributed by atoms with Crippen LogP contribution in [0.2, 0.25) is 0 Å². The highest BCUT2D eigenvalue weighted by Gasteiger charge is 2.37. The predicted molar refractivity (Wildman–Crippen MR) is 81.7 cm³/mol. The number of fused-ring (bicyclic) bond motifs is 4. The summed E-state index contributed by atoms with van der Waals surface area (Å²) in [6.07, 6.45) is 4.18. The van der Waals surface area contributed by atoms with E-state index in [1.165, 1.54) is 12.8 Å². The van der Waals surface area contributed by atoms with Gasteiger partial charge in [0.05, 0.1) is 17.1 Å². The third-order valence-corrected chi connectivity index (χ3v) is 4.79. The SMILES string of the molecule is Cc1nc2cnc(N3C[C@H]4CC[C@@H]3CN4C)cc2c(=O)[nH]1. The number of piperidine rings is 2. The monoisotopic (exact) mass is 285 g/mol. The fourth-order valence-electron chi connectivity index (χ4n) is 3.63. The lowest BCUT2D eigenvalue weighted by molar-refractivity contribution is 0.124. The zero-order valence-electron chi connectivity index (χ0n) is 12.3. The van der Waals surface area contributed by atoms with Crippen LogP contribution in [0.3, 0.4) is 0 Å². The number of aromatic nitrogens is 3. The summed E-state index contributed by atoms with van der Waals surface area (Å²) in [7, 11) is 2.19. The number of H-pyrrole nitrogens is 1. The first-order valence-corrected chi connectivity index (χ1v) is 7.45. The quantitative estimate of drug-likeness (QED) is 0.843. The first-order valence-electron chi connectivity index (χ1n) is 7.45. The molecule has 0 aliphatic carbocycles. The molecule has 21 heavy (non-hydrogen) atoms. The van der Waals surface area contributed by atoms with Crippen LogP contribution >= 0.6 is 0 Å². The molecule has 0 aromatic carbocycles. The Bertz CT molecular complexity index is 755. The van der Waals surface area contributed by atoms with Gasteiger partial charge in [0.2, 0.25) is 0 Å². The lowest BCUT2D eigenvalue weighted by Gasteiger charge is -2.50. The fourth-order valence-corrected chi connectivity index (χ4v) is 3.63. The third kappa shape index (κ3) is 2.01. The van der Waals surface area contributed by atoms with Gasteiger partial charge in [-0.3, -0.25) is 9.69 Å². The highest BCUT2D eigenvalue weighted by molar-refractivity contribution is 5.79. The van der Waals surface area contributed by atoms with Crippen LogP contribution in [-0.2, 0) is 0 Å². The maximum absolute atomic E-state index is 12.1. The topological polar surface area (TPSA) is 65.1 Å². The number of hydrogen-bond donors (Lipinski definition) is 1. The normalized spacial score (nSPS) is 25.7. The molecule has 0 amide bonds. The molecule has 3 aliphatic heterocycles. The molecule has 5 heterocycles. The second-order valence-corrected chi connectivity index (χ2v) is 6.19. The molecule has 5 rings (SSSR count). The van der Waals surface area contributed by atoms with Gasteiger partial charge in [-0.2, -0.15) is 0 Å². The van der Waals surface area contributed by atoms with Crippen LogP contribution in [0.4, 0.5) is 5.82 Å². The van der Waals surface area contributed by atoms with Crippen LogP contribution in [0.1, 0.15) is 18.7 Å². The maximum atomic E-state index is 12.1. The number of aromatic amines is 1. The van der Waals surface area contributed by atoms with Crippen molar-refractivity contribution in [1.29, 1.82) is 0 Å². The predicted octanol–water partition coefficient (Wildman–Crippen LogP) is 0.909. The highest BCUT2D eigenvalue weighted by Crippen LogP contribution is 2.31. The smallest absolute Gasteiger partial charge is 0.258 e. The van der Waals surface area contributed by atoms with Crippen LogP contribution in [0, 0.1) is 6.92 Å². The minimum atomic E-state index is -0.0829. The van der Waals surface area contributed by atoms with Crippen LogP contribution in [0.15, 0.2) is 17.1 Å². The summed E-state index contributed by atoms with van der Waals surface area (Å²) in [5, 5.41) is 0.625. The number of rotatable bonds is 1. The number of likely N-dealkylation sites (N-methyl/N-ethyl adjacent to an activating group) is 1. The molecule has 6 heteroatoms. The largest absolute Gasteiger partial charge is 0.351 e. The van der Waals surface area contributed by atoms with Crippen molar-refractivity contribution in [2.75, 3.05) is 25.0 Å². The standard InChI is InChI=1S/C15H19N5O/c1-9-17-13-6-16-14(5-12(13)15(21)18-9)20-8-10-3-4-11(20)7-19(10)2/h5-6,10-11H,3-4,7-8H2,1-2H3,(H,17,18,21)/t10-,11-/m1/s1. The lowest BCUT2D eigenvalue weighted by atomic mass is 9.91.